The molecule has 0 spiro atoms. The molecule has 0 aliphatic carbocycles. The van der Waals surface area contributed by atoms with E-state index in [0.717, 1.165) is 11.3 Å². The molecule has 0 saturated heterocycles. The number of nitrogens with two attached hydrogens (primary N) is 1. The highest BCUT2D eigenvalue weighted by atomic mass is 32.1. The van der Waals surface area contributed by atoms with Crippen LogP contribution in [-0.2, 0) is 11.2 Å². The zero-order valence-corrected chi connectivity index (χ0v) is 12.6. The lowest BCUT2D eigenvalue weighted by Gasteiger charge is -2.22. The minimum atomic E-state index is -0.302. The molecular weight excluding hydrogens is 268 g/mol. The number of carbonyl (C=O) groups is 1. The Bertz CT molecular complexity index is 546. The quantitative estimate of drug-likeness (QED) is 0.853. The van der Waals surface area contributed by atoms with E-state index in [2.05, 4.69) is 36.7 Å². The van der Waals surface area contributed by atoms with Gasteiger partial charge in [0.05, 0.1) is 12.5 Å². The topological polar surface area (TPSA) is 55.1 Å². The van der Waals surface area contributed by atoms with Gasteiger partial charge < -0.3 is 11.1 Å². The number of amides is 1. The van der Waals surface area contributed by atoms with Crippen molar-refractivity contribution in [3.05, 3.63) is 52.2 Å². The molecule has 1 amide bonds. The minimum absolute atomic E-state index is 0.290. The highest BCUT2D eigenvalue weighted by Crippen LogP contribution is 2.29. The summed E-state index contributed by atoms with van der Waals surface area (Å²) in [6.45, 7) is 4.41. The number of thiophene rings is 1. The summed E-state index contributed by atoms with van der Waals surface area (Å²) in [5.74, 6) is 0.197. The van der Waals surface area contributed by atoms with Crippen LogP contribution in [0.5, 0.6) is 0 Å². The van der Waals surface area contributed by atoms with Gasteiger partial charge in [-0.3, -0.25) is 4.79 Å². The fourth-order valence-electron chi connectivity index (χ4n) is 2.13. The second kappa shape index (κ2) is 6.57. The van der Waals surface area contributed by atoms with Gasteiger partial charge in [-0.25, -0.2) is 0 Å². The number of nitrogens with one attached hydrogen (secondary N) is 1. The van der Waals surface area contributed by atoms with Crippen LogP contribution in [0.3, 0.4) is 0 Å². The standard InChI is InChI=1S/C16H20N2OS/c1-11(2)16(14-4-3-9-20-14)18-13-7-5-12(6-8-13)10-15(17)19/h3-9,11,16,18H,10H2,1-2H3,(H2,17,19). The first kappa shape index (κ1) is 14.6. The van der Waals surface area contributed by atoms with E-state index < -0.39 is 0 Å². The third-order valence-electron chi connectivity index (χ3n) is 3.17. The summed E-state index contributed by atoms with van der Waals surface area (Å²) in [7, 11) is 0. The van der Waals surface area contributed by atoms with Crippen molar-refractivity contribution in [3.63, 3.8) is 0 Å². The van der Waals surface area contributed by atoms with Crippen LogP contribution in [0.4, 0.5) is 5.69 Å². The first-order valence-electron chi connectivity index (χ1n) is 6.73. The van der Waals surface area contributed by atoms with Gasteiger partial charge in [0, 0.05) is 10.6 Å². The summed E-state index contributed by atoms with van der Waals surface area (Å²) < 4.78 is 0. The lowest BCUT2D eigenvalue weighted by molar-refractivity contribution is -0.117. The van der Waals surface area contributed by atoms with Crippen molar-refractivity contribution in [3.8, 4) is 0 Å². The molecule has 0 bridgehead atoms. The molecule has 106 valence electrons. The van der Waals surface area contributed by atoms with E-state index in [1.165, 1.54) is 4.88 Å². The van der Waals surface area contributed by atoms with Gasteiger partial charge in [-0.05, 0) is 35.1 Å². The van der Waals surface area contributed by atoms with Crippen molar-refractivity contribution in [2.45, 2.75) is 26.3 Å². The van der Waals surface area contributed by atoms with Gasteiger partial charge in [-0.1, -0.05) is 32.0 Å². The number of hydrogen-bond donors (Lipinski definition) is 2. The van der Waals surface area contributed by atoms with E-state index in [4.69, 9.17) is 5.73 Å². The van der Waals surface area contributed by atoms with Gasteiger partial charge in [0.2, 0.25) is 5.91 Å². The SMILES string of the molecule is CC(C)C(Nc1ccc(CC(N)=O)cc1)c1cccs1. The lowest BCUT2D eigenvalue weighted by Crippen LogP contribution is -2.16. The summed E-state index contributed by atoms with van der Waals surface area (Å²) in [6.07, 6.45) is 0.290. The molecule has 1 aromatic heterocycles. The van der Waals surface area contributed by atoms with Crippen molar-refractivity contribution in [2.24, 2.45) is 11.7 Å². The van der Waals surface area contributed by atoms with Crippen molar-refractivity contribution in [2.75, 3.05) is 5.32 Å². The van der Waals surface area contributed by atoms with Crippen LogP contribution in [0.15, 0.2) is 41.8 Å². The fraction of sp³-hybridized carbons (Fsp3) is 0.312. The van der Waals surface area contributed by atoms with Gasteiger partial charge in [0.15, 0.2) is 0 Å². The second-order valence-electron chi connectivity index (χ2n) is 5.22. The van der Waals surface area contributed by atoms with Crippen molar-refractivity contribution < 1.29 is 4.79 Å². The highest BCUT2D eigenvalue weighted by Gasteiger charge is 2.16. The maximum atomic E-state index is 10.9. The number of primary amides is 1. The molecule has 2 aromatic rings. The van der Waals surface area contributed by atoms with Crippen LogP contribution in [0.1, 0.15) is 30.3 Å². The molecule has 1 atom stereocenters. The summed E-state index contributed by atoms with van der Waals surface area (Å²) in [6, 6.07) is 12.4. The highest BCUT2D eigenvalue weighted by molar-refractivity contribution is 7.10. The second-order valence-corrected chi connectivity index (χ2v) is 6.20. The molecule has 0 fully saturated rings. The van der Waals surface area contributed by atoms with Gasteiger partial charge in [-0.15, -0.1) is 11.3 Å². The molecule has 0 aliphatic heterocycles. The smallest absolute Gasteiger partial charge is 0.221 e. The molecule has 0 saturated carbocycles. The summed E-state index contributed by atoms with van der Waals surface area (Å²) in [5.41, 5.74) is 7.20. The average Bonchev–Trinajstić information content (AvgIpc) is 2.90. The largest absolute Gasteiger partial charge is 0.377 e. The number of rotatable bonds is 6. The summed E-state index contributed by atoms with van der Waals surface area (Å²) in [5, 5.41) is 5.66. The average molecular weight is 288 g/mol. The Labute approximate surface area is 123 Å². The van der Waals surface area contributed by atoms with E-state index in [-0.39, 0.29) is 5.91 Å². The van der Waals surface area contributed by atoms with Crippen LogP contribution in [0.25, 0.3) is 0 Å². The molecule has 3 N–H and O–H groups in total. The van der Waals surface area contributed by atoms with Crippen molar-refractivity contribution in [1.29, 1.82) is 0 Å². The Morgan fingerprint density at radius 1 is 1.25 bits per heavy atom. The maximum Gasteiger partial charge on any atom is 0.221 e. The summed E-state index contributed by atoms with van der Waals surface area (Å²) in [4.78, 5) is 12.2. The number of anilines is 1. The van der Waals surface area contributed by atoms with Gasteiger partial charge in [-0.2, -0.15) is 0 Å². The van der Waals surface area contributed by atoms with Gasteiger partial charge >= 0.3 is 0 Å². The van der Waals surface area contributed by atoms with Crippen molar-refractivity contribution in [1.82, 2.24) is 0 Å². The first-order valence-corrected chi connectivity index (χ1v) is 7.61. The molecule has 1 aromatic carbocycles. The number of hydrogen-bond acceptors (Lipinski definition) is 3. The van der Waals surface area contributed by atoms with E-state index in [1.54, 1.807) is 11.3 Å². The maximum absolute atomic E-state index is 10.9. The predicted octanol–water partition coefficient (Wildman–Crippen LogP) is 3.59. The van der Waals surface area contributed by atoms with Crippen LogP contribution in [-0.4, -0.2) is 5.91 Å². The third-order valence-corrected chi connectivity index (χ3v) is 4.13. The zero-order valence-electron chi connectivity index (χ0n) is 11.8. The van der Waals surface area contributed by atoms with E-state index in [1.807, 2.05) is 24.3 Å². The molecule has 4 heteroatoms. The van der Waals surface area contributed by atoms with Gasteiger partial charge in [0.25, 0.3) is 0 Å². The monoisotopic (exact) mass is 288 g/mol. The molecule has 3 nitrogen and oxygen atoms in total. The molecule has 0 radical (unpaired) electrons. The summed E-state index contributed by atoms with van der Waals surface area (Å²) >= 11 is 1.77. The Morgan fingerprint density at radius 3 is 2.45 bits per heavy atom. The molecular formula is C16H20N2OS. The normalized spacial score (nSPS) is 12.3. The van der Waals surface area contributed by atoms with E-state index in [0.29, 0.717) is 18.4 Å². The molecule has 0 aliphatic rings. The molecule has 20 heavy (non-hydrogen) atoms. The lowest BCUT2D eigenvalue weighted by atomic mass is 10.0. The van der Waals surface area contributed by atoms with E-state index >= 15 is 0 Å². The third kappa shape index (κ3) is 3.84. The van der Waals surface area contributed by atoms with Gasteiger partial charge in [0.1, 0.15) is 0 Å². The minimum Gasteiger partial charge on any atom is -0.377 e. The molecule has 1 unspecified atom stereocenters. The number of benzene rings is 1. The zero-order chi connectivity index (χ0) is 14.5. The Kier molecular flexibility index (Phi) is 4.79. The van der Waals surface area contributed by atoms with Crippen molar-refractivity contribution >= 4 is 22.9 Å². The Morgan fingerprint density at radius 2 is 1.95 bits per heavy atom. The predicted molar refractivity (Wildman–Crippen MR) is 84.9 cm³/mol. The first-order chi connectivity index (χ1) is 9.56. The number of carbonyl (C=O) groups excluding carboxylic acids is 1. The Hall–Kier alpha value is -1.81. The van der Waals surface area contributed by atoms with Crippen LogP contribution >= 0.6 is 11.3 Å². The van der Waals surface area contributed by atoms with E-state index in [9.17, 15) is 4.79 Å². The van der Waals surface area contributed by atoms with Crippen LogP contribution in [0, 0.1) is 5.92 Å². The van der Waals surface area contributed by atoms with Crippen LogP contribution < -0.4 is 11.1 Å². The molecule has 2 rings (SSSR count). The van der Waals surface area contributed by atoms with Crippen LogP contribution in [0.2, 0.25) is 0 Å². The fourth-order valence-corrected chi connectivity index (χ4v) is 3.08. The molecule has 1 heterocycles. The Balaban J connectivity index is 2.09.